The standard InChI is InChI=1S/C19H27N5O2.HI/c1-3-20-18(22-11-19(12-25)13-26-14-19)24(2)10-17-21-9-16(23-17)15-7-5-4-6-8-15;/h4-9,25H,3,10-14H2,1-2H3,(H,20,22)(H,21,23);1H. The summed E-state index contributed by atoms with van der Waals surface area (Å²) in [4.78, 5) is 14.6. The molecule has 0 bridgehead atoms. The van der Waals surface area contributed by atoms with Gasteiger partial charge in [0.25, 0.3) is 0 Å². The average Bonchev–Trinajstić information content (AvgIpc) is 3.09. The molecule has 0 spiro atoms. The molecule has 148 valence electrons. The Kier molecular flexibility index (Phi) is 8.06. The fourth-order valence-electron chi connectivity index (χ4n) is 2.84. The summed E-state index contributed by atoms with van der Waals surface area (Å²) >= 11 is 0. The lowest BCUT2D eigenvalue weighted by molar-refractivity contribution is -0.130. The predicted molar refractivity (Wildman–Crippen MR) is 117 cm³/mol. The molecule has 8 heteroatoms. The molecule has 0 unspecified atom stereocenters. The van der Waals surface area contributed by atoms with Crippen molar-refractivity contribution in [2.24, 2.45) is 10.4 Å². The molecule has 0 amide bonds. The molecule has 3 rings (SSSR count). The molecule has 27 heavy (non-hydrogen) atoms. The number of hydrogen-bond donors (Lipinski definition) is 3. The number of nitrogens with zero attached hydrogens (tertiary/aromatic N) is 3. The lowest BCUT2D eigenvalue weighted by Gasteiger charge is -2.38. The molecular formula is C19H28IN5O2. The molecule has 1 saturated heterocycles. The van der Waals surface area contributed by atoms with Crippen molar-refractivity contribution in [2.75, 3.05) is 40.0 Å². The number of rotatable bonds is 7. The van der Waals surface area contributed by atoms with Gasteiger partial charge in [-0.1, -0.05) is 30.3 Å². The first-order chi connectivity index (χ1) is 12.7. The van der Waals surface area contributed by atoms with E-state index in [0.29, 0.717) is 26.3 Å². The number of halogens is 1. The smallest absolute Gasteiger partial charge is 0.194 e. The third-order valence-electron chi connectivity index (χ3n) is 4.51. The van der Waals surface area contributed by atoms with Gasteiger partial charge in [-0.3, -0.25) is 4.99 Å². The lowest BCUT2D eigenvalue weighted by atomic mass is 9.87. The molecule has 2 heterocycles. The monoisotopic (exact) mass is 485 g/mol. The van der Waals surface area contributed by atoms with Gasteiger partial charge in [0.05, 0.1) is 50.2 Å². The summed E-state index contributed by atoms with van der Waals surface area (Å²) in [5.74, 6) is 1.67. The SMILES string of the molecule is CCNC(=NCC1(CO)COC1)N(C)Cc1ncc(-c2ccccc2)[nH]1.I. The van der Waals surface area contributed by atoms with Gasteiger partial charge in [0.1, 0.15) is 5.82 Å². The largest absolute Gasteiger partial charge is 0.396 e. The van der Waals surface area contributed by atoms with Crippen LogP contribution in [0.2, 0.25) is 0 Å². The minimum Gasteiger partial charge on any atom is -0.396 e. The van der Waals surface area contributed by atoms with E-state index < -0.39 is 0 Å². The quantitative estimate of drug-likeness (QED) is 0.318. The molecule has 3 N–H and O–H groups in total. The van der Waals surface area contributed by atoms with E-state index in [4.69, 9.17) is 4.74 Å². The van der Waals surface area contributed by atoms with Gasteiger partial charge in [-0.15, -0.1) is 24.0 Å². The van der Waals surface area contributed by atoms with Gasteiger partial charge in [-0.25, -0.2) is 4.98 Å². The van der Waals surface area contributed by atoms with Crippen molar-refractivity contribution in [1.29, 1.82) is 0 Å². The van der Waals surface area contributed by atoms with E-state index in [9.17, 15) is 5.11 Å². The zero-order chi connectivity index (χ0) is 18.4. The van der Waals surface area contributed by atoms with E-state index >= 15 is 0 Å². The summed E-state index contributed by atoms with van der Waals surface area (Å²) in [7, 11) is 1.98. The molecule has 0 atom stereocenters. The highest BCUT2D eigenvalue weighted by molar-refractivity contribution is 14.0. The van der Waals surface area contributed by atoms with Gasteiger partial charge in [0.15, 0.2) is 5.96 Å². The first-order valence-corrected chi connectivity index (χ1v) is 8.93. The highest BCUT2D eigenvalue weighted by Crippen LogP contribution is 2.27. The Balaban J connectivity index is 0.00000261. The number of aliphatic imine (C=N–C) groups is 1. The van der Waals surface area contributed by atoms with E-state index in [1.165, 1.54) is 0 Å². The number of benzene rings is 1. The Morgan fingerprint density at radius 1 is 1.37 bits per heavy atom. The van der Waals surface area contributed by atoms with Crippen LogP contribution in [0, 0.1) is 5.41 Å². The zero-order valence-corrected chi connectivity index (χ0v) is 18.1. The first-order valence-electron chi connectivity index (χ1n) is 8.93. The third-order valence-corrected chi connectivity index (χ3v) is 4.51. The second kappa shape index (κ2) is 10.0. The van der Waals surface area contributed by atoms with Crippen LogP contribution in [0.3, 0.4) is 0 Å². The number of imidazole rings is 1. The molecule has 0 aliphatic carbocycles. The van der Waals surface area contributed by atoms with Crippen molar-refractivity contribution in [3.63, 3.8) is 0 Å². The van der Waals surface area contributed by atoms with E-state index in [-0.39, 0.29) is 36.0 Å². The molecule has 0 radical (unpaired) electrons. The fourth-order valence-corrected chi connectivity index (χ4v) is 2.84. The molecule has 1 aromatic heterocycles. The Labute approximate surface area is 177 Å². The van der Waals surface area contributed by atoms with E-state index in [0.717, 1.165) is 29.6 Å². The number of aromatic amines is 1. The van der Waals surface area contributed by atoms with Gasteiger partial charge in [-0.2, -0.15) is 0 Å². The number of guanidine groups is 1. The molecule has 1 aromatic carbocycles. The molecule has 7 nitrogen and oxygen atoms in total. The van der Waals surface area contributed by atoms with Crippen LogP contribution in [0.15, 0.2) is 41.5 Å². The number of aliphatic hydroxyl groups is 1. The highest BCUT2D eigenvalue weighted by atomic mass is 127. The van der Waals surface area contributed by atoms with Crippen LogP contribution in [0.5, 0.6) is 0 Å². The molecule has 2 aromatic rings. The Bertz CT molecular complexity index is 725. The Morgan fingerprint density at radius 3 is 2.70 bits per heavy atom. The number of aliphatic hydroxyl groups excluding tert-OH is 1. The van der Waals surface area contributed by atoms with Crippen molar-refractivity contribution < 1.29 is 9.84 Å². The van der Waals surface area contributed by atoms with Crippen molar-refractivity contribution in [2.45, 2.75) is 13.5 Å². The topological polar surface area (TPSA) is 85.8 Å². The third kappa shape index (κ3) is 5.43. The van der Waals surface area contributed by atoms with Gasteiger partial charge in [0.2, 0.25) is 0 Å². The molecular weight excluding hydrogens is 457 g/mol. The summed E-state index contributed by atoms with van der Waals surface area (Å²) in [6, 6.07) is 10.1. The van der Waals surface area contributed by atoms with Crippen molar-refractivity contribution in [3.8, 4) is 11.3 Å². The lowest BCUT2D eigenvalue weighted by Crippen LogP contribution is -2.49. The maximum atomic E-state index is 9.57. The fraction of sp³-hybridized carbons (Fsp3) is 0.474. The van der Waals surface area contributed by atoms with Crippen LogP contribution >= 0.6 is 24.0 Å². The molecule has 0 saturated carbocycles. The van der Waals surface area contributed by atoms with Gasteiger partial charge in [0, 0.05) is 13.6 Å². The maximum absolute atomic E-state index is 9.57. The summed E-state index contributed by atoms with van der Waals surface area (Å²) in [6.07, 6.45) is 1.86. The Hall–Kier alpha value is -1.65. The minimum atomic E-state index is -0.229. The maximum Gasteiger partial charge on any atom is 0.194 e. The minimum absolute atomic E-state index is 0. The normalized spacial score (nSPS) is 15.6. The molecule has 1 aliphatic rings. The van der Waals surface area contributed by atoms with Gasteiger partial charge < -0.3 is 25.0 Å². The van der Waals surface area contributed by atoms with Gasteiger partial charge in [-0.05, 0) is 12.5 Å². The number of nitrogens with one attached hydrogen (secondary N) is 2. The summed E-state index contributed by atoms with van der Waals surface area (Å²) in [5, 5.41) is 12.9. The summed E-state index contributed by atoms with van der Waals surface area (Å²) in [6.45, 7) is 5.20. The number of aromatic nitrogens is 2. The molecule has 1 aliphatic heterocycles. The molecule has 1 fully saturated rings. The van der Waals surface area contributed by atoms with Crippen LogP contribution in [0.25, 0.3) is 11.3 Å². The summed E-state index contributed by atoms with van der Waals surface area (Å²) < 4.78 is 5.24. The zero-order valence-electron chi connectivity index (χ0n) is 15.8. The first kappa shape index (κ1) is 21.6. The second-order valence-corrected chi connectivity index (χ2v) is 6.79. The van der Waals surface area contributed by atoms with Crippen LogP contribution in [0.1, 0.15) is 12.7 Å². The average molecular weight is 485 g/mol. The van der Waals surface area contributed by atoms with Crippen molar-refractivity contribution >= 4 is 29.9 Å². The van der Waals surface area contributed by atoms with E-state index in [1.807, 2.05) is 43.3 Å². The van der Waals surface area contributed by atoms with Gasteiger partial charge >= 0.3 is 0 Å². The highest BCUT2D eigenvalue weighted by Gasteiger charge is 2.38. The van der Waals surface area contributed by atoms with Crippen LogP contribution in [-0.2, 0) is 11.3 Å². The van der Waals surface area contributed by atoms with Crippen LogP contribution in [0.4, 0.5) is 0 Å². The second-order valence-electron chi connectivity index (χ2n) is 6.79. The van der Waals surface area contributed by atoms with Crippen LogP contribution < -0.4 is 5.32 Å². The summed E-state index contributed by atoms with van der Waals surface area (Å²) in [5.41, 5.74) is 1.89. The van der Waals surface area contributed by atoms with Crippen LogP contribution in [-0.4, -0.2) is 65.9 Å². The van der Waals surface area contributed by atoms with E-state index in [1.54, 1.807) is 0 Å². The predicted octanol–water partition coefficient (Wildman–Crippen LogP) is 2.10. The number of hydrogen-bond acceptors (Lipinski definition) is 4. The Morgan fingerprint density at radius 2 is 2.11 bits per heavy atom. The van der Waals surface area contributed by atoms with Crippen molar-refractivity contribution in [3.05, 3.63) is 42.4 Å². The van der Waals surface area contributed by atoms with E-state index in [2.05, 4.69) is 32.4 Å². The van der Waals surface area contributed by atoms with Crippen molar-refractivity contribution in [1.82, 2.24) is 20.2 Å². The number of H-pyrrole nitrogens is 1. The number of ether oxygens (including phenoxy) is 1.